The van der Waals surface area contributed by atoms with Gasteiger partial charge < -0.3 is 9.72 Å². The number of aromatic nitrogens is 1. The van der Waals surface area contributed by atoms with Crippen LogP contribution in [-0.4, -0.2) is 32.4 Å². The average Bonchev–Trinajstić information content (AvgIpc) is 3.56. The van der Waals surface area contributed by atoms with Gasteiger partial charge in [-0.3, -0.25) is 19.8 Å². The number of carbonyl (C=O) groups excluding carboxylic acids is 1. The molecule has 1 amide bonds. The highest BCUT2D eigenvalue weighted by molar-refractivity contribution is 9.10. The molecule has 1 N–H and O–H groups in total. The summed E-state index contributed by atoms with van der Waals surface area (Å²) >= 11 is 8.27. The van der Waals surface area contributed by atoms with Gasteiger partial charge in [-0.05, 0) is 83.9 Å². The number of thioether (sulfide) groups is 1. The Morgan fingerprint density at radius 2 is 1.73 bits per heavy atom. The van der Waals surface area contributed by atoms with E-state index in [9.17, 15) is 14.9 Å². The van der Waals surface area contributed by atoms with Gasteiger partial charge in [0.2, 0.25) is 0 Å². The second-order valence-electron chi connectivity index (χ2n) is 9.94. The maximum absolute atomic E-state index is 13.9. The number of aliphatic imine (C=N–C) groups is 1. The fraction of sp³-hybridized carbons (Fsp3) is 0.0909. The van der Waals surface area contributed by atoms with Crippen LogP contribution >= 0.6 is 43.6 Å². The summed E-state index contributed by atoms with van der Waals surface area (Å²) in [6.07, 6.45) is 4.41. The first-order chi connectivity index (χ1) is 21.3. The summed E-state index contributed by atoms with van der Waals surface area (Å²) in [5.41, 5.74) is 4.40. The quantitative estimate of drug-likeness (QED) is 0.0927. The molecule has 1 aromatic heterocycles. The number of aromatic amines is 1. The predicted octanol–water partition coefficient (Wildman–Crippen LogP) is 9.03. The monoisotopic (exact) mass is 730 g/mol. The minimum atomic E-state index is -0.451. The molecule has 220 valence electrons. The molecular weight excluding hydrogens is 708 g/mol. The number of amides is 1. The molecule has 6 rings (SSSR count). The first-order valence-corrected chi connectivity index (χ1v) is 16.0. The molecule has 0 atom stereocenters. The van der Waals surface area contributed by atoms with E-state index in [1.807, 2.05) is 72.9 Å². The number of non-ortho nitro benzene ring substituents is 1. The van der Waals surface area contributed by atoms with Crippen molar-refractivity contribution in [1.82, 2.24) is 9.88 Å². The maximum atomic E-state index is 13.9. The van der Waals surface area contributed by atoms with Crippen LogP contribution in [0.3, 0.4) is 0 Å². The van der Waals surface area contributed by atoms with Gasteiger partial charge in [0, 0.05) is 50.3 Å². The molecule has 1 saturated heterocycles. The summed E-state index contributed by atoms with van der Waals surface area (Å²) in [6.45, 7) is 0.776. The second kappa shape index (κ2) is 13.2. The third kappa shape index (κ3) is 6.80. The minimum absolute atomic E-state index is 0.0220. The number of amidine groups is 1. The molecule has 5 aromatic rings. The zero-order chi connectivity index (χ0) is 30.6. The van der Waals surface area contributed by atoms with Crippen LogP contribution in [0.1, 0.15) is 16.7 Å². The highest BCUT2D eigenvalue weighted by Crippen LogP contribution is 2.37. The normalized spacial score (nSPS) is 15.0. The largest absolute Gasteiger partial charge is 0.488 e. The average molecular weight is 732 g/mol. The molecular formula is C33H24Br2N4O4S. The van der Waals surface area contributed by atoms with Crippen molar-refractivity contribution in [2.45, 2.75) is 13.0 Å². The van der Waals surface area contributed by atoms with Crippen LogP contribution in [0.2, 0.25) is 0 Å². The number of hydrogen-bond acceptors (Lipinski definition) is 6. The Morgan fingerprint density at radius 1 is 0.977 bits per heavy atom. The predicted molar refractivity (Wildman–Crippen MR) is 182 cm³/mol. The smallest absolute Gasteiger partial charge is 0.269 e. The van der Waals surface area contributed by atoms with E-state index in [2.05, 4.69) is 42.9 Å². The Morgan fingerprint density at radius 3 is 2.50 bits per heavy atom. The Kier molecular flexibility index (Phi) is 8.96. The van der Waals surface area contributed by atoms with Crippen molar-refractivity contribution in [3.63, 3.8) is 0 Å². The number of nitro groups is 1. The minimum Gasteiger partial charge on any atom is -0.488 e. The van der Waals surface area contributed by atoms with Crippen LogP contribution in [0.4, 0.5) is 11.4 Å². The van der Waals surface area contributed by atoms with Crippen molar-refractivity contribution in [2.24, 2.45) is 4.99 Å². The lowest BCUT2D eigenvalue weighted by Crippen LogP contribution is -2.31. The van der Waals surface area contributed by atoms with Gasteiger partial charge in [-0.25, -0.2) is 4.99 Å². The number of fused-ring (bicyclic) bond motifs is 1. The third-order valence-corrected chi connectivity index (χ3v) is 9.05. The molecule has 8 nitrogen and oxygen atoms in total. The molecule has 4 aromatic carbocycles. The van der Waals surface area contributed by atoms with E-state index < -0.39 is 4.92 Å². The van der Waals surface area contributed by atoms with Gasteiger partial charge in [-0.15, -0.1) is 0 Å². The Balaban J connectivity index is 1.30. The molecule has 0 spiro atoms. The zero-order valence-corrected chi connectivity index (χ0v) is 27.1. The molecule has 0 unspecified atom stereocenters. The lowest BCUT2D eigenvalue weighted by Gasteiger charge is -2.15. The lowest BCUT2D eigenvalue weighted by atomic mass is 10.1. The summed E-state index contributed by atoms with van der Waals surface area (Å²) in [5.74, 6) is 0.470. The third-order valence-electron chi connectivity index (χ3n) is 7.02. The molecule has 11 heteroatoms. The van der Waals surface area contributed by atoms with E-state index in [4.69, 9.17) is 9.73 Å². The molecule has 1 fully saturated rings. The Hall–Kier alpha value is -4.19. The summed E-state index contributed by atoms with van der Waals surface area (Å²) < 4.78 is 8.02. The molecule has 0 aliphatic carbocycles. The van der Waals surface area contributed by atoms with E-state index in [-0.39, 0.29) is 11.6 Å². The van der Waals surface area contributed by atoms with Crippen molar-refractivity contribution in [3.8, 4) is 5.75 Å². The molecule has 2 heterocycles. The number of para-hydroxylation sites is 1. The van der Waals surface area contributed by atoms with E-state index in [1.54, 1.807) is 17.0 Å². The SMILES string of the molecule is O=C1/C(=C/c2cc(Br)ccc2OCc2ccc(Br)cc2)SC(=Nc2ccc([N+](=O)[O-])cc2)N1CCc1c[nH]c2ccccc12. The van der Waals surface area contributed by atoms with Gasteiger partial charge >= 0.3 is 0 Å². The number of hydrogen-bond donors (Lipinski definition) is 1. The van der Waals surface area contributed by atoms with E-state index in [0.29, 0.717) is 41.1 Å². The van der Waals surface area contributed by atoms with E-state index in [1.165, 1.54) is 23.9 Å². The highest BCUT2D eigenvalue weighted by Gasteiger charge is 2.33. The number of carbonyl (C=O) groups is 1. The zero-order valence-electron chi connectivity index (χ0n) is 23.1. The van der Waals surface area contributed by atoms with Crippen molar-refractivity contribution in [2.75, 3.05) is 6.54 Å². The van der Waals surface area contributed by atoms with Crippen molar-refractivity contribution >= 4 is 83.1 Å². The molecule has 0 bridgehead atoms. The standard InChI is InChI=1S/C33H24Br2N4O4S/c34-24-7-5-21(6-8-24)20-43-30-14-9-25(35)17-23(30)18-31-32(40)38(16-15-22-19-36-29-4-2-1-3-28(22)29)33(44-31)37-26-10-12-27(13-11-26)39(41)42/h1-14,17-19,36H,15-16,20H2/b31-18-,37-33?. The van der Waals surface area contributed by atoms with Crippen molar-refractivity contribution < 1.29 is 14.5 Å². The van der Waals surface area contributed by atoms with E-state index >= 15 is 0 Å². The number of H-pyrrole nitrogens is 1. The first kappa shape index (κ1) is 29.9. The van der Waals surface area contributed by atoms with Gasteiger partial charge in [0.1, 0.15) is 12.4 Å². The van der Waals surface area contributed by atoms with E-state index in [0.717, 1.165) is 36.5 Å². The Bertz CT molecular complexity index is 1920. The van der Waals surface area contributed by atoms with Gasteiger partial charge in [0.05, 0.1) is 15.5 Å². The van der Waals surface area contributed by atoms with Crippen molar-refractivity contribution in [1.29, 1.82) is 0 Å². The van der Waals surface area contributed by atoms with Gasteiger partial charge in [0.15, 0.2) is 5.17 Å². The van der Waals surface area contributed by atoms with Crippen LogP contribution in [0.5, 0.6) is 5.75 Å². The van der Waals surface area contributed by atoms with Gasteiger partial charge in [-0.1, -0.05) is 62.2 Å². The number of nitrogens with one attached hydrogen (secondary N) is 1. The first-order valence-electron chi connectivity index (χ1n) is 13.6. The van der Waals surface area contributed by atoms with Crippen LogP contribution in [0.15, 0.2) is 116 Å². The van der Waals surface area contributed by atoms with Gasteiger partial charge in [0.25, 0.3) is 11.6 Å². The summed E-state index contributed by atoms with van der Waals surface area (Å²) in [6, 6.07) is 27.6. The summed E-state index contributed by atoms with van der Waals surface area (Å²) in [4.78, 5) is 34.8. The van der Waals surface area contributed by atoms with Crippen LogP contribution < -0.4 is 4.74 Å². The Labute approximate surface area is 274 Å². The molecule has 44 heavy (non-hydrogen) atoms. The number of nitrogens with zero attached hydrogens (tertiary/aromatic N) is 3. The number of halogens is 2. The topological polar surface area (TPSA) is 101 Å². The summed E-state index contributed by atoms with van der Waals surface area (Å²) in [7, 11) is 0. The number of benzene rings is 4. The van der Waals surface area contributed by atoms with Crippen molar-refractivity contribution in [3.05, 3.63) is 138 Å². The fourth-order valence-electron chi connectivity index (χ4n) is 4.77. The summed E-state index contributed by atoms with van der Waals surface area (Å²) in [5, 5.41) is 12.7. The van der Waals surface area contributed by atoms with Crippen LogP contribution in [-0.2, 0) is 17.8 Å². The molecule has 1 aliphatic rings. The molecule has 0 saturated carbocycles. The highest BCUT2D eigenvalue weighted by atomic mass is 79.9. The second-order valence-corrected chi connectivity index (χ2v) is 12.8. The molecule has 0 radical (unpaired) electrons. The maximum Gasteiger partial charge on any atom is 0.269 e. The molecule has 1 aliphatic heterocycles. The fourth-order valence-corrected chi connectivity index (χ4v) is 6.42. The van der Waals surface area contributed by atoms with Crippen LogP contribution in [0.25, 0.3) is 17.0 Å². The number of rotatable bonds is 9. The lowest BCUT2D eigenvalue weighted by molar-refractivity contribution is -0.384. The van der Waals surface area contributed by atoms with Gasteiger partial charge in [-0.2, -0.15) is 0 Å². The number of nitro benzene ring substituents is 1. The number of ether oxygens (including phenoxy) is 1. The van der Waals surface area contributed by atoms with Crippen LogP contribution in [0, 0.1) is 10.1 Å².